The summed E-state index contributed by atoms with van der Waals surface area (Å²) in [6.07, 6.45) is 2.50. The van der Waals surface area contributed by atoms with Crippen molar-refractivity contribution >= 4 is 17.5 Å². The van der Waals surface area contributed by atoms with E-state index in [0.717, 1.165) is 63.5 Å². The highest BCUT2D eigenvalue weighted by molar-refractivity contribution is 5.83. The maximum absolute atomic E-state index is 12.3. The lowest BCUT2D eigenvalue weighted by molar-refractivity contribution is -0.135. The molecule has 2 aliphatic heterocycles. The standard InChI is InChI=1S/C20H30N4O3/c1-27-18-7-3-2-6-17(18)23-13-11-22(12-14-23)16-5-4-10-24(15-16)20(26)9-8-19(21)25/h2-3,6-7,16H,4-5,8-15H2,1H3,(H2,21,25)/t16-/m1/s1. The zero-order valence-electron chi connectivity index (χ0n) is 16.1. The van der Waals surface area contributed by atoms with E-state index in [1.807, 2.05) is 23.1 Å². The van der Waals surface area contributed by atoms with Gasteiger partial charge in [0.25, 0.3) is 0 Å². The number of para-hydroxylation sites is 2. The predicted octanol–water partition coefficient (Wildman–Crippen LogP) is 1.07. The monoisotopic (exact) mass is 374 g/mol. The molecule has 1 aromatic rings. The predicted molar refractivity (Wildman–Crippen MR) is 105 cm³/mol. The van der Waals surface area contributed by atoms with Crippen LogP contribution in [-0.2, 0) is 9.59 Å². The summed E-state index contributed by atoms with van der Waals surface area (Å²) in [5, 5.41) is 0. The Labute approximate surface area is 161 Å². The maximum atomic E-state index is 12.3. The van der Waals surface area contributed by atoms with Crippen LogP contribution in [0, 0.1) is 0 Å². The SMILES string of the molecule is COc1ccccc1N1CCN([C@@H]2CCCN(C(=O)CCC(N)=O)C2)CC1. The number of anilines is 1. The molecule has 0 saturated carbocycles. The lowest BCUT2D eigenvalue weighted by atomic mass is 10.0. The number of nitrogens with zero attached hydrogens (tertiary/aromatic N) is 3. The molecule has 0 aliphatic carbocycles. The zero-order valence-corrected chi connectivity index (χ0v) is 16.1. The summed E-state index contributed by atoms with van der Waals surface area (Å²) in [6.45, 7) is 5.40. The van der Waals surface area contributed by atoms with Gasteiger partial charge in [0, 0.05) is 58.2 Å². The Morgan fingerprint density at radius 3 is 2.56 bits per heavy atom. The molecule has 27 heavy (non-hydrogen) atoms. The summed E-state index contributed by atoms with van der Waals surface area (Å²) in [4.78, 5) is 30.0. The van der Waals surface area contributed by atoms with E-state index < -0.39 is 5.91 Å². The van der Waals surface area contributed by atoms with Gasteiger partial charge in [-0.2, -0.15) is 0 Å². The first-order chi connectivity index (χ1) is 13.1. The minimum absolute atomic E-state index is 0.0474. The van der Waals surface area contributed by atoms with Gasteiger partial charge in [-0.05, 0) is 25.0 Å². The van der Waals surface area contributed by atoms with Gasteiger partial charge in [0.2, 0.25) is 11.8 Å². The molecule has 7 nitrogen and oxygen atoms in total. The largest absolute Gasteiger partial charge is 0.495 e. The summed E-state index contributed by atoms with van der Waals surface area (Å²) >= 11 is 0. The Hall–Kier alpha value is -2.28. The van der Waals surface area contributed by atoms with Crippen molar-refractivity contribution in [3.8, 4) is 5.75 Å². The molecule has 1 atom stereocenters. The molecule has 2 heterocycles. The number of benzene rings is 1. The molecule has 1 aromatic carbocycles. The second kappa shape index (κ2) is 9.08. The van der Waals surface area contributed by atoms with Gasteiger partial charge in [-0.15, -0.1) is 0 Å². The normalized spacial score (nSPS) is 21.1. The van der Waals surface area contributed by atoms with E-state index in [9.17, 15) is 9.59 Å². The second-order valence-electron chi connectivity index (χ2n) is 7.30. The third-order valence-electron chi connectivity index (χ3n) is 5.59. The van der Waals surface area contributed by atoms with Gasteiger partial charge in [0.15, 0.2) is 0 Å². The maximum Gasteiger partial charge on any atom is 0.223 e. The van der Waals surface area contributed by atoms with E-state index in [2.05, 4.69) is 15.9 Å². The van der Waals surface area contributed by atoms with Gasteiger partial charge in [0.1, 0.15) is 5.75 Å². The fourth-order valence-corrected chi connectivity index (χ4v) is 4.09. The number of carbonyl (C=O) groups excluding carboxylic acids is 2. The van der Waals surface area contributed by atoms with E-state index >= 15 is 0 Å². The third-order valence-corrected chi connectivity index (χ3v) is 5.59. The molecule has 2 fully saturated rings. The lowest BCUT2D eigenvalue weighted by Crippen LogP contribution is -2.56. The van der Waals surface area contributed by atoms with Crippen LogP contribution in [0.2, 0.25) is 0 Å². The summed E-state index contributed by atoms with van der Waals surface area (Å²) in [6, 6.07) is 8.54. The average Bonchev–Trinajstić information content (AvgIpc) is 2.72. The number of methoxy groups -OCH3 is 1. The van der Waals surface area contributed by atoms with Crippen LogP contribution in [0.3, 0.4) is 0 Å². The minimum Gasteiger partial charge on any atom is -0.495 e. The Morgan fingerprint density at radius 2 is 1.85 bits per heavy atom. The number of ether oxygens (including phenoxy) is 1. The van der Waals surface area contributed by atoms with Crippen molar-refractivity contribution in [1.82, 2.24) is 9.80 Å². The number of amides is 2. The van der Waals surface area contributed by atoms with Crippen molar-refractivity contribution < 1.29 is 14.3 Å². The van der Waals surface area contributed by atoms with Crippen LogP contribution in [0.1, 0.15) is 25.7 Å². The second-order valence-corrected chi connectivity index (χ2v) is 7.30. The summed E-state index contributed by atoms with van der Waals surface area (Å²) in [5.41, 5.74) is 6.31. The topological polar surface area (TPSA) is 79.1 Å². The van der Waals surface area contributed by atoms with Crippen molar-refractivity contribution in [3.05, 3.63) is 24.3 Å². The van der Waals surface area contributed by atoms with Gasteiger partial charge < -0.3 is 20.3 Å². The molecule has 7 heteroatoms. The van der Waals surface area contributed by atoms with E-state index in [1.165, 1.54) is 0 Å². The highest BCUT2D eigenvalue weighted by atomic mass is 16.5. The number of piperidine rings is 1. The molecule has 2 saturated heterocycles. The summed E-state index contributed by atoms with van der Waals surface area (Å²) in [7, 11) is 1.71. The van der Waals surface area contributed by atoms with Crippen LogP contribution in [0.15, 0.2) is 24.3 Å². The molecular formula is C20H30N4O3. The molecule has 0 spiro atoms. The third kappa shape index (κ3) is 4.91. The molecule has 3 rings (SSSR count). The van der Waals surface area contributed by atoms with Gasteiger partial charge in [-0.1, -0.05) is 12.1 Å². The number of carbonyl (C=O) groups is 2. The van der Waals surface area contributed by atoms with Crippen LogP contribution in [0.25, 0.3) is 0 Å². The van der Waals surface area contributed by atoms with E-state index in [4.69, 9.17) is 10.5 Å². The van der Waals surface area contributed by atoms with Crippen molar-refractivity contribution in [3.63, 3.8) is 0 Å². The smallest absolute Gasteiger partial charge is 0.223 e. The molecule has 0 bridgehead atoms. The van der Waals surface area contributed by atoms with Crippen LogP contribution < -0.4 is 15.4 Å². The number of primary amides is 1. The Balaban J connectivity index is 1.53. The summed E-state index contributed by atoms with van der Waals surface area (Å²) in [5.74, 6) is 0.547. The van der Waals surface area contributed by atoms with Crippen molar-refractivity contribution in [1.29, 1.82) is 0 Å². The fraction of sp³-hybridized carbons (Fsp3) is 0.600. The number of piperazine rings is 1. The number of rotatable bonds is 6. The molecule has 2 amide bonds. The van der Waals surface area contributed by atoms with Crippen molar-refractivity contribution in [2.75, 3.05) is 51.3 Å². The molecule has 2 N–H and O–H groups in total. The van der Waals surface area contributed by atoms with Gasteiger partial charge >= 0.3 is 0 Å². The minimum atomic E-state index is -0.413. The number of hydrogen-bond donors (Lipinski definition) is 1. The zero-order chi connectivity index (χ0) is 19.2. The van der Waals surface area contributed by atoms with E-state index in [0.29, 0.717) is 6.04 Å². The van der Waals surface area contributed by atoms with Crippen LogP contribution >= 0.6 is 0 Å². The van der Waals surface area contributed by atoms with Gasteiger partial charge in [-0.25, -0.2) is 0 Å². The van der Waals surface area contributed by atoms with Crippen LogP contribution in [-0.4, -0.2) is 74.0 Å². The molecule has 0 radical (unpaired) electrons. The molecule has 2 aliphatic rings. The average molecular weight is 374 g/mol. The molecule has 148 valence electrons. The van der Waals surface area contributed by atoms with Crippen LogP contribution in [0.4, 0.5) is 5.69 Å². The van der Waals surface area contributed by atoms with E-state index in [1.54, 1.807) is 7.11 Å². The number of nitrogens with two attached hydrogens (primary N) is 1. The van der Waals surface area contributed by atoms with Crippen molar-refractivity contribution in [2.24, 2.45) is 5.73 Å². The van der Waals surface area contributed by atoms with E-state index in [-0.39, 0.29) is 18.7 Å². The quantitative estimate of drug-likeness (QED) is 0.806. The Bertz CT molecular complexity index is 658. The van der Waals surface area contributed by atoms with Crippen molar-refractivity contribution in [2.45, 2.75) is 31.7 Å². The number of hydrogen-bond acceptors (Lipinski definition) is 5. The fourth-order valence-electron chi connectivity index (χ4n) is 4.09. The molecular weight excluding hydrogens is 344 g/mol. The highest BCUT2D eigenvalue weighted by Crippen LogP contribution is 2.29. The highest BCUT2D eigenvalue weighted by Gasteiger charge is 2.30. The first kappa shape index (κ1) is 19.5. The Kier molecular flexibility index (Phi) is 6.55. The summed E-state index contributed by atoms with van der Waals surface area (Å²) < 4.78 is 5.49. The Morgan fingerprint density at radius 1 is 1.11 bits per heavy atom. The van der Waals surface area contributed by atoms with Crippen LogP contribution in [0.5, 0.6) is 5.75 Å². The van der Waals surface area contributed by atoms with Gasteiger partial charge in [0.05, 0.1) is 12.8 Å². The molecule has 0 aromatic heterocycles. The van der Waals surface area contributed by atoms with Gasteiger partial charge in [-0.3, -0.25) is 14.5 Å². The first-order valence-electron chi connectivity index (χ1n) is 9.76. The first-order valence-corrected chi connectivity index (χ1v) is 9.76. The molecule has 0 unspecified atom stereocenters. The number of likely N-dealkylation sites (tertiary alicyclic amines) is 1. The lowest BCUT2D eigenvalue weighted by Gasteiger charge is -2.44.